The second-order valence-corrected chi connectivity index (χ2v) is 6.77. The van der Waals surface area contributed by atoms with E-state index < -0.39 is 11.7 Å². The number of ketones is 1. The van der Waals surface area contributed by atoms with E-state index in [1.807, 2.05) is 41.5 Å². The van der Waals surface area contributed by atoms with Crippen LogP contribution in [0, 0.1) is 11.3 Å². The minimum atomic E-state index is -0.505. The molecule has 0 unspecified atom stereocenters. The van der Waals surface area contributed by atoms with Gasteiger partial charge in [-0.2, -0.15) is 0 Å². The van der Waals surface area contributed by atoms with Crippen LogP contribution in [-0.2, 0) is 9.53 Å². The predicted molar refractivity (Wildman–Crippen MR) is 65.7 cm³/mol. The van der Waals surface area contributed by atoms with Gasteiger partial charge in [0.2, 0.25) is 0 Å². The minimum absolute atomic E-state index is 0.0858. The molecule has 98 valence electrons. The van der Waals surface area contributed by atoms with Crippen molar-refractivity contribution in [3.8, 4) is 0 Å². The molecule has 1 aliphatic rings. The van der Waals surface area contributed by atoms with Crippen LogP contribution < -0.4 is 5.32 Å². The molecule has 4 nitrogen and oxygen atoms in total. The molecule has 0 radical (unpaired) electrons. The van der Waals surface area contributed by atoms with Gasteiger partial charge in [-0.3, -0.25) is 4.79 Å². The monoisotopic (exact) mass is 241 g/mol. The Morgan fingerprint density at radius 3 is 2.12 bits per heavy atom. The summed E-state index contributed by atoms with van der Waals surface area (Å²) in [5, 5.41) is 2.78. The fourth-order valence-electron chi connectivity index (χ4n) is 2.21. The van der Waals surface area contributed by atoms with E-state index in [0.29, 0.717) is 6.42 Å². The van der Waals surface area contributed by atoms with Gasteiger partial charge in [0, 0.05) is 18.4 Å². The maximum atomic E-state index is 11.6. The first-order valence-corrected chi connectivity index (χ1v) is 6.03. The molecule has 17 heavy (non-hydrogen) atoms. The average Bonchev–Trinajstić information content (AvgIpc) is 1.94. The van der Waals surface area contributed by atoms with Gasteiger partial charge in [0.25, 0.3) is 0 Å². The zero-order valence-corrected chi connectivity index (χ0v) is 11.6. The van der Waals surface area contributed by atoms with E-state index in [-0.39, 0.29) is 23.2 Å². The summed E-state index contributed by atoms with van der Waals surface area (Å²) in [4.78, 5) is 23.2. The van der Waals surface area contributed by atoms with E-state index in [4.69, 9.17) is 4.74 Å². The number of carbonyl (C=O) groups is 2. The number of amides is 1. The van der Waals surface area contributed by atoms with Crippen molar-refractivity contribution >= 4 is 11.9 Å². The molecule has 0 bridgehead atoms. The number of carbonyl (C=O) groups excluding carboxylic acids is 2. The molecule has 2 atom stereocenters. The molecular weight excluding hydrogens is 218 g/mol. The summed E-state index contributed by atoms with van der Waals surface area (Å²) in [7, 11) is 0. The average molecular weight is 241 g/mol. The topological polar surface area (TPSA) is 55.4 Å². The highest BCUT2D eigenvalue weighted by Gasteiger charge is 2.47. The number of rotatable bonds is 1. The van der Waals surface area contributed by atoms with Gasteiger partial charge in [0.05, 0.1) is 0 Å². The van der Waals surface area contributed by atoms with Crippen molar-refractivity contribution in [1.82, 2.24) is 5.32 Å². The van der Waals surface area contributed by atoms with Gasteiger partial charge >= 0.3 is 6.09 Å². The van der Waals surface area contributed by atoms with Crippen LogP contribution in [0.15, 0.2) is 0 Å². The van der Waals surface area contributed by atoms with Crippen molar-refractivity contribution < 1.29 is 14.3 Å². The zero-order chi connectivity index (χ0) is 13.4. The molecule has 0 aromatic heterocycles. The standard InChI is InChI=1S/C13H23NO3/c1-12(2,3)10-8(7-9(10)15)14-11(16)17-13(4,5)6/h8,10H,7H2,1-6H3,(H,14,16)/t8-,10+/m1/s1. The predicted octanol–water partition coefficient (Wildman–Crippen LogP) is 2.51. The van der Waals surface area contributed by atoms with Crippen LogP contribution in [-0.4, -0.2) is 23.5 Å². The largest absolute Gasteiger partial charge is 0.444 e. The summed E-state index contributed by atoms with van der Waals surface area (Å²) >= 11 is 0. The molecule has 0 aromatic rings. The van der Waals surface area contributed by atoms with Gasteiger partial charge in [-0.05, 0) is 26.2 Å². The quantitative estimate of drug-likeness (QED) is 0.767. The van der Waals surface area contributed by atoms with Crippen molar-refractivity contribution in [1.29, 1.82) is 0 Å². The van der Waals surface area contributed by atoms with Crippen LogP contribution in [0.4, 0.5) is 4.79 Å². The number of hydrogen-bond donors (Lipinski definition) is 1. The van der Waals surface area contributed by atoms with E-state index in [1.54, 1.807) is 0 Å². The van der Waals surface area contributed by atoms with Crippen LogP contribution in [0.3, 0.4) is 0 Å². The zero-order valence-electron chi connectivity index (χ0n) is 11.6. The SMILES string of the molecule is CC(C)(C)OC(=O)N[C@@H]1CC(=O)[C@H]1C(C)(C)C. The number of ether oxygens (including phenoxy) is 1. The highest BCUT2D eigenvalue weighted by atomic mass is 16.6. The van der Waals surface area contributed by atoms with Gasteiger partial charge in [-0.1, -0.05) is 20.8 Å². The second kappa shape index (κ2) is 4.31. The van der Waals surface area contributed by atoms with E-state index in [9.17, 15) is 9.59 Å². The molecule has 1 saturated carbocycles. The lowest BCUT2D eigenvalue weighted by atomic mass is 9.64. The molecule has 1 fully saturated rings. The highest BCUT2D eigenvalue weighted by Crippen LogP contribution is 2.38. The van der Waals surface area contributed by atoms with E-state index in [2.05, 4.69) is 5.32 Å². The Morgan fingerprint density at radius 1 is 1.24 bits per heavy atom. The fraction of sp³-hybridized carbons (Fsp3) is 0.846. The Labute approximate surface area is 103 Å². The first kappa shape index (κ1) is 14.0. The Hall–Kier alpha value is -1.06. The summed E-state index contributed by atoms with van der Waals surface area (Å²) < 4.78 is 5.18. The van der Waals surface area contributed by atoms with Gasteiger partial charge in [-0.25, -0.2) is 4.79 Å². The van der Waals surface area contributed by atoms with Crippen molar-refractivity contribution in [2.45, 2.75) is 59.6 Å². The summed E-state index contributed by atoms with van der Waals surface area (Å²) in [6.45, 7) is 11.5. The molecule has 1 aliphatic carbocycles. The fourth-order valence-corrected chi connectivity index (χ4v) is 2.21. The molecule has 1 N–H and O–H groups in total. The van der Waals surface area contributed by atoms with Gasteiger partial charge < -0.3 is 10.1 Å². The van der Waals surface area contributed by atoms with Crippen LogP contribution in [0.2, 0.25) is 0 Å². The molecule has 0 spiro atoms. The molecular formula is C13H23NO3. The number of hydrogen-bond acceptors (Lipinski definition) is 3. The second-order valence-electron chi connectivity index (χ2n) is 6.77. The maximum absolute atomic E-state index is 11.6. The number of Topliss-reactive ketones (excluding diaryl/α,β-unsaturated/α-hetero) is 1. The lowest BCUT2D eigenvalue weighted by Crippen LogP contribution is -2.58. The molecule has 0 heterocycles. The molecule has 0 aliphatic heterocycles. The summed E-state index contributed by atoms with van der Waals surface area (Å²) in [5.74, 6) is 0.119. The van der Waals surface area contributed by atoms with Crippen molar-refractivity contribution in [2.24, 2.45) is 11.3 Å². The minimum Gasteiger partial charge on any atom is -0.444 e. The van der Waals surface area contributed by atoms with Crippen LogP contribution >= 0.6 is 0 Å². The lowest BCUT2D eigenvalue weighted by molar-refractivity contribution is -0.136. The lowest BCUT2D eigenvalue weighted by Gasteiger charge is -2.43. The molecule has 4 heteroatoms. The van der Waals surface area contributed by atoms with E-state index in [0.717, 1.165) is 0 Å². The number of alkyl carbamates (subject to hydrolysis) is 1. The molecule has 0 aromatic carbocycles. The van der Waals surface area contributed by atoms with Crippen LogP contribution in [0.5, 0.6) is 0 Å². The smallest absolute Gasteiger partial charge is 0.407 e. The third kappa shape index (κ3) is 3.72. The summed E-state index contributed by atoms with van der Waals surface area (Å²) in [5.41, 5.74) is -0.621. The first-order chi connectivity index (χ1) is 7.50. The molecule has 1 amide bonds. The number of nitrogens with one attached hydrogen (secondary N) is 1. The molecule has 0 saturated heterocycles. The summed E-state index contributed by atoms with van der Waals surface area (Å²) in [6.07, 6.45) is -0.0227. The Morgan fingerprint density at radius 2 is 1.76 bits per heavy atom. The van der Waals surface area contributed by atoms with Crippen LogP contribution in [0.25, 0.3) is 0 Å². The highest BCUT2D eigenvalue weighted by molar-refractivity contribution is 5.90. The van der Waals surface area contributed by atoms with Crippen LogP contribution in [0.1, 0.15) is 48.0 Å². The normalized spacial score (nSPS) is 25.2. The molecule has 1 rings (SSSR count). The third-order valence-electron chi connectivity index (χ3n) is 2.81. The Balaban J connectivity index is 2.54. The summed E-state index contributed by atoms with van der Waals surface area (Å²) in [6, 6.07) is -0.0858. The Bertz CT molecular complexity index is 323. The third-order valence-corrected chi connectivity index (χ3v) is 2.81. The van der Waals surface area contributed by atoms with Crippen molar-refractivity contribution in [3.63, 3.8) is 0 Å². The Kier molecular flexibility index (Phi) is 3.55. The van der Waals surface area contributed by atoms with Gasteiger partial charge in [-0.15, -0.1) is 0 Å². The van der Waals surface area contributed by atoms with E-state index >= 15 is 0 Å². The van der Waals surface area contributed by atoms with Gasteiger partial charge in [0.15, 0.2) is 0 Å². The van der Waals surface area contributed by atoms with Crippen molar-refractivity contribution in [3.05, 3.63) is 0 Å². The van der Waals surface area contributed by atoms with Gasteiger partial charge in [0.1, 0.15) is 11.4 Å². The van der Waals surface area contributed by atoms with E-state index in [1.165, 1.54) is 0 Å². The first-order valence-electron chi connectivity index (χ1n) is 6.03. The maximum Gasteiger partial charge on any atom is 0.407 e. The van der Waals surface area contributed by atoms with Crippen molar-refractivity contribution in [2.75, 3.05) is 0 Å².